The topological polar surface area (TPSA) is 37.3 Å². The summed E-state index contributed by atoms with van der Waals surface area (Å²) in [5.74, 6) is -0.879. The van der Waals surface area contributed by atoms with Crippen molar-refractivity contribution in [3.8, 4) is 0 Å². The van der Waals surface area contributed by atoms with Crippen LogP contribution in [0.2, 0.25) is 0 Å². The Kier molecular flexibility index (Phi) is 6.36. The van der Waals surface area contributed by atoms with E-state index in [-0.39, 0.29) is 0 Å². The molecule has 2 nitrogen and oxygen atoms in total. The fraction of sp³-hybridized carbons (Fsp3) is 0. The van der Waals surface area contributed by atoms with Crippen LogP contribution >= 0.6 is 0 Å². The summed E-state index contributed by atoms with van der Waals surface area (Å²) in [6.45, 7) is 0. The number of carboxylic acids is 1. The quantitative estimate of drug-likeness (QED) is 0.672. The number of hydrogen-bond acceptors (Lipinski definition) is 1. The molecule has 114 valence electrons. The van der Waals surface area contributed by atoms with Gasteiger partial charge in [0.2, 0.25) is 0 Å². The standard InChI is InChI=1S/C14H12.C7H6O2/c1-3-7-13(8-4-1)11-12-14-9-5-2-6-10-14;8-7(9)6-4-2-1-3-5-6/h1-12H;1-5H,(H,8,9). The summed E-state index contributed by atoms with van der Waals surface area (Å²) in [6.07, 6.45) is 4.24. The van der Waals surface area contributed by atoms with Crippen molar-refractivity contribution in [3.05, 3.63) is 108 Å². The number of carboxylic acid groups (broad SMARTS) is 1. The zero-order chi connectivity index (χ0) is 16.3. The molecule has 0 radical (unpaired) electrons. The van der Waals surface area contributed by atoms with E-state index in [1.54, 1.807) is 30.3 Å². The molecule has 0 fully saturated rings. The van der Waals surface area contributed by atoms with Gasteiger partial charge in [-0.1, -0.05) is 91.0 Å². The Morgan fingerprint density at radius 2 is 0.957 bits per heavy atom. The fourth-order valence-electron chi connectivity index (χ4n) is 1.90. The van der Waals surface area contributed by atoms with Crippen LogP contribution in [0.25, 0.3) is 12.2 Å². The van der Waals surface area contributed by atoms with Crippen LogP contribution in [0.1, 0.15) is 21.5 Å². The Morgan fingerprint density at radius 3 is 1.26 bits per heavy atom. The molecule has 0 aliphatic heterocycles. The maximum atomic E-state index is 10.2. The first-order chi connectivity index (χ1) is 11.3. The lowest BCUT2D eigenvalue weighted by atomic mass is 10.1. The summed E-state index contributed by atoms with van der Waals surface area (Å²) in [7, 11) is 0. The van der Waals surface area contributed by atoms with Crippen LogP contribution in [0.5, 0.6) is 0 Å². The van der Waals surface area contributed by atoms with E-state index in [1.165, 1.54) is 11.1 Å². The van der Waals surface area contributed by atoms with E-state index >= 15 is 0 Å². The molecule has 1 N–H and O–H groups in total. The predicted octanol–water partition coefficient (Wildman–Crippen LogP) is 5.24. The Bertz CT molecular complexity index is 691. The first kappa shape index (κ1) is 16.2. The lowest BCUT2D eigenvalue weighted by molar-refractivity contribution is 0.0697. The molecule has 0 heterocycles. The van der Waals surface area contributed by atoms with Gasteiger partial charge in [-0.2, -0.15) is 0 Å². The van der Waals surface area contributed by atoms with Crippen LogP contribution in [0.3, 0.4) is 0 Å². The highest BCUT2D eigenvalue weighted by molar-refractivity contribution is 5.87. The van der Waals surface area contributed by atoms with Gasteiger partial charge in [-0.3, -0.25) is 0 Å². The molecule has 23 heavy (non-hydrogen) atoms. The largest absolute Gasteiger partial charge is 0.478 e. The molecule has 0 aliphatic carbocycles. The van der Waals surface area contributed by atoms with Crippen molar-refractivity contribution in [1.82, 2.24) is 0 Å². The molecule has 0 bridgehead atoms. The van der Waals surface area contributed by atoms with Gasteiger partial charge in [0.1, 0.15) is 0 Å². The van der Waals surface area contributed by atoms with Gasteiger partial charge >= 0.3 is 5.97 Å². The van der Waals surface area contributed by atoms with E-state index in [0.717, 1.165) is 0 Å². The van der Waals surface area contributed by atoms with Crippen LogP contribution in [0.15, 0.2) is 91.0 Å². The molecule has 0 aromatic heterocycles. The van der Waals surface area contributed by atoms with E-state index in [2.05, 4.69) is 36.4 Å². The molecule has 3 rings (SSSR count). The molecule has 0 unspecified atom stereocenters. The highest BCUT2D eigenvalue weighted by atomic mass is 16.4. The summed E-state index contributed by atoms with van der Waals surface area (Å²) < 4.78 is 0. The van der Waals surface area contributed by atoms with Crippen LogP contribution in [-0.2, 0) is 0 Å². The third kappa shape index (κ3) is 6.02. The normalized spacial score (nSPS) is 9.91. The molecular formula is C21H18O2. The van der Waals surface area contributed by atoms with Crippen molar-refractivity contribution >= 4 is 18.1 Å². The van der Waals surface area contributed by atoms with Crippen LogP contribution in [0, 0.1) is 0 Å². The fourth-order valence-corrected chi connectivity index (χ4v) is 1.90. The molecule has 0 atom stereocenters. The van der Waals surface area contributed by atoms with Crippen LogP contribution in [0.4, 0.5) is 0 Å². The van der Waals surface area contributed by atoms with E-state index in [4.69, 9.17) is 5.11 Å². The summed E-state index contributed by atoms with van der Waals surface area (Å²) in [5.41, 5.74) is 2.80. The summed E-state index contributed by atoms with van der Waals surface area (Å²) in [6, 6.07) is 28.9. The lowest BCUT2D eigenvalue weighted by Crippen LogP contribution is -1.93. The Hall–Kier alpha value is -3.13. The minimum absolute atomic E-state index is 0.331. The number of carbonyl (C=O) groups is 1. The maximum absolute atomic E-state index is 10.2. The van der Waals surface area contributed by atoms with E-state index in [9.17, 15) is 4.79 Å². The minimum Gasteiger partial charge on any atom is -0.478 e. The first-order valence-electron chi connectivity index (χ1n) is 7.32. The van der Waals surface area contributed by atoms with Crippen molar-refractivity contribution in [1.29, 1.82) is 0 Å². The second-order valence-electron chi connectivity index (χ2n) is 4.83. The summed E-state index contributed by atoms with van der Waals surface area (Å²) in [5, 5.41) is 8.38. The SMILES string of the molecule is C(=Cc1ccccc1)c1ccccc1.O=C(O)c1ccccc1. The van der Waals surface area contributed by atoms with Crippen LogP contribution in [-0.4, -0.2) is 11.1 Å². The van der Waals surface area contributed by atoms with Gasteiger partial charge in [0, 0.05) is 0 Å². The zero-order valence-electron chi connectivity index (χ0n) is 12.7. The monoisotopic (exact) mass is 302 g/mol. The average Bonchev–Trinajstić information content (AvgIpc) is 2.63. The van der Waals surface area contributed by atoms with E-state index in [1.807, 2.05) is 36.4 Å². The Balaban J connectivity index is 0.000000185. The number of rotatable bonds is 3. The lowest BCUT2D eigenvalue weighted by Gasteiger charge is -1.92. The summed E-state index contributed by atoms with van der Waals surface area (Å²) in [4.78, 5) is 10.2. The molecule has 2 heteroatoms. The van der Waals surface area contributed by atoms with Gasteiger partial charge in [0.15, 0.2) is 0 Å². The van der Waals surface area contributed by atoms with Crippen molar-refractivity contribution in [2.75, 3.05) is 0 Å². The average molecular weight is 302 g/mol. The maximum Gasteiger partial charge on any atom is 0.335 e. The van der Waals surface area contributed by atoms with Gasteiger partial charge in [0.25, 0.3) is 0 Å². The molecule has 0 spiro atoms. The number of aromatic carboxylic acids is 1. The highest BCUT2D eigenvalue weighted by Gasteiger charge is 1.96. The van der Waals surface area contributed by atoms with Crippen molar-refractivity contribution in [2.45, 2.75) is 0 Å². The predicted molar refractivity (Wildman–Crippen MR) is 95.2 cm³/mol. The van der Waals surface area contributed by atoms with Gasteiger partial charge in [0.05, 0.1) is 5.56 Å². The molecule has 0 aliphatic rings. The van der Waals surface area contributed by atoms with E-state index in [0.29, 0.717) is 5.56 Å². The first-order valence-corrected chi connectivity index (χ1v) is 7.32. The van der Waals surface area contributed by atoms with E-state index < -0.39 is 5.97 Å². The second kappa shape index (κ2) is 9.00. The van der Waals surface area contributed by atoms with Crippen molar-refractivity contribution < 1.29 is 9.90 Å². The number of hydrogen-bond donors (Lipinski definition) is 1. The molecule has 3 aromatic rings. The third-order valence-corrected chi connectivity index (χ3v) is 3.09. The zero-order valence-corrected chi connectivity index (χ0v) is 12.7. The highest BCUT2D eigenvalue weighted by Crippen LogP contribution is 2.06. The van der Waals surface area contributed by atoms with Crippen molar-refractivity contribution in [2.24, 2.45) is 0 Å². The third-order valence-electron chi connectivity index (χ3n) is 3.09. The Morgan fingerprint density at radius 1 is 0.609 bits per heavy atom. The van der Waals surface area contributed by atoms with Gasteiger partial charge in [-0.25, -0.2) is 4.79 Å². The minimum atomic E-state index is -0.879. The molecule has 0 amide bonds. The molecule has 0 saturated heterocycles. The van der Waals surface area contributed by atoms with Gasteiger partial charge < -0.3 is 5.11 Å². The van der Waals surface area contributed by atoms with Gasteiger partial charge in [-0.15, -0.1) is 0 Å². The molecule has 0 saturated carbocycles. The molecular weight excluding hydrogens is 284 g/mol. The van der Waals surface area contributed by atoms with Crippen molar-refractivity contribution in [3.63, 3.8) is 0 Å². The summed E-state index contributed by atoms with van der Waals surface area (Å²) >= 11 is 0. The second-order valence-corrected chi connectivity index (χ2v) is 4.83. The molecule has 3 aromatic carbocycles. The Labute approximate surface area is 136 Å². The van der Waals surface area contributed by atoms with Crippen LogP contribution < -0.4 is 0 Å². The number of benzene rings is 3. The van der Waals surface area contributed by atoms with Gasteiger partial charge in [-0.05, 0) is 23.3 Å². The smallest absolute Gasteiger partial charge is 0.335 e.